The third kappa shape index (κ3) is 4.23. The topological polar surface area (TPSA) is 73.7 Å². The molecule has 34 heavy (non-hydrogen) atoms. The molecule has 4 rings (SSSR count). The molecule has 0 aliphatic carbocycles. The number of esters is 1. The van der Waals surface area contributed by atoms with Crippen molar-refractivity contribution in [3.63, 3.8) is 0 Å². The van der Waals surface area contributed by atoms with E-state index in [9.17, 15) is 22.8 Å². The summed E-state index contributed by atoms with van der Waals surface area (Å²) < 4.78 is 52.0. The Bertz CT molecular complexity index is 1200. The lowest BCUT2D eigenvalue weighted by atomic mass is 10.00. The molecule has 0 bridgehead atoms. The van der Waals surface area contributed by atoms with Crippen LogP contribution in [0, 0.1) is 0 Å². The molecule has 0 N–H and O–H groups in total. The summed E-state index contributed by atoms with van der Waals surface area (Å²) in [4.78, 5) is 26.9. The molecule has 0 radical (unpaired) electrons. The predicted octanol–water partition coefficient (Wildman–Crippen LogP) is 4.67. The van der Waals surface area contributed by atoms with Crippen LogP contribution in [0.1, 0.15) is 45.3 Å². The van der Waals surface area contributed by atoms with Gasteiger partial charge in [0.1, 0.15) is 11.3 Å². The summed E-state index contributed by atoms with van der Waals surface area (Å²) in [6.07, 6.45) is -2.42. The molecule has 0 saturated heterocycles. The fourth-order valence-corrected chi connectivity index (χ4v) is 4.06. The van der Waals surface area contributed by atoms with Gasteiger partial charge in [0, 0.05) is 12.1 Å². The highest BCUT2D eigenvalue weighted by atomic mass is 19.4. The second-order valence-electron chi connectivity index (χ2n) is 7.61. The first kappa shape index (κ1) is 23.3. The largest absolute Gasteiger partial charge is 0.495 e. The smallest absolute Gasteiger partial charge is 0.434 e. The van der Waals surface area contributed by atoms with E-state index in [0.29, 0.717) is 28.2 Å². The van der Waals surface area contributed by atoms with E-state index in [4.69, 9.17) is 9.47 Å². The molecule has 178 valence electrons. The Morgan fingerprint density at radius 1 is 1.12 bits per heavy atom. The zero-order valence-corrected chi connectivity index (χ0v) is 18.6. The van der Waals surface area contributed by atoms with Crippen LogP contribution in [0.25, 0.3) is 5.69 Å². The number of aryl methyl sites for hydroxylation is 1. The zero-order valence-electron chi connectivity index (χ0n) is 18.6. The number of rotatable bonds is 5. The monoisotopic (exact) mass is 473 g/mol. The molecule has 1 aliphatic rings. The van der Waals surface area contributed by atoms with Crippen LogP contribution in [-0.4, -0.2) is 41.9 Å². The molecule has 1 aromatic heterocycles. The van der Waals surface area contributed by atoms with Gasteiger partial charge < -0.3 is 14.4 Å². The van der Waals surface area contributed by atoms with E-state index in [-0.39, 0.29) is 18.2 Å². The molecule has 0 fully saturated rings. The van der Waals surface area contributed by atoms with Crippen molar-refractivity contribution in [2.45, 2.75) is 25.9 Å². The van der Waals surface area contributed by atoms with Crippen LogP contribution in [-0.2, 0) is 17.3 Å². The number of halogens is 3. The number of carbonyl (C=O) groups excluding carboxylic acids is 2. The summed E-state index contributed by atoms with van der Waals surface area (Å²) in [6.45, 7) is 1.93. The molecule has 0 spiro atoms. The van der Waals surface area contributed by atoms with Crippen molar-refractivity contribution in [1.82, 2.24) is 9.78 Å². The van der Waals surface area contributed by atoms with Gasteiger partial charge in [-0.3, -0.25) is 4.79 Å². The van der Waals surface area contributed by atoms with Crippen LogP contribution in [0.4, 0.5) is 18.9 Å². The maximum Gasteiger partial charge on any atom is 0.434 e. The first-order chi connectivity index (χ1) is 16.3. The van der Waals surface area contributed by atoms with Crippen molar-refractivity contribution in [1.29, 1.82) is 0 Å². The van der Waals surface area contributed by atoms with Crippen LogP contribution in [0.5, 0.6) is 5.75 Å². The molecule has 1 amide bonds. The summed E-state index contributed by atoms with van der Waals surface area (Å²) in [5.74, 6) is -0.814. The molecule has 10 heteroatoms. The highest BCUT2D eigenvalue weighted by Crippen LogP contribution is 2.37. The first-order valence-corrected chi connectivity index (χ1v) is 10.7. The number of methoxy groups -OCH3 is 1. The quantitative estimate of drug-likeness (QED) is 0.504. The molecule has 2 aromatic carbocycles. The van der Waals surface area contributed by atoms with Gasteiger partial charge in [0.25, 0.3) is 5.91 Å². The summed E-state index contributed by atoms with van der Waals surface area (Å²) in [6, 6.07) is 11.2. The van der Waals surface area contributed by atoms with Crippen molar-refractivity contribution in [3.8, 4) is 11.4 Å². The third-order valence-electron chi connectivity index (χ3n) is 5.54. The van der Waals surface area contributed by atoms with Crippen LogP contribution >= 0.6 is 0 Å². The Morgan fingerprint density at radius 2 is 1.85 bits per heavy atom. The van der Waals surface area contributed by atoms with Gasteiger partial charge in [0.2, 0.25) is 0 Å². The lowest BCUT2D eigenvalue weighted by Crippen LogP contribution is -2.35. The van der Waals surface area contributed by atoms with Crippen LogP contribution < -0.4 is 9.64 Å². The lowest BCUT2D eigenvalue weighted by molar-refractivity contribution is -0.143. The maximum absolute atomic E-state index is 13.7. The van der Waals surface area contributed by atoms with Crippen LogP contribution in [0.15, 0.2) is 48.7 Å². The Kier molecular flexibility index (Phi) is 6.32. The van der Waals surface area contributed by atoms with Gasteiger partial charge in [-0.05, 0) is 55.7 Å². The average Bonchev–Trinajstić information content (AvgIpc) is 3.29. The van der Waals surface area contributed by atoms with E-state index in [1.807, 2.05) is 12.1 Å². The number of anilines is 1. The Labute approximate surface area is 193 Å². The Balaban J connectivity index is 1.67. The first-order valence-electron chi connectivity index (χ1n) is 10.7. The minimum atomic E-state index is -4.85. The fourth-order valence-electron chi connectivity index (χ4n) is 4.06. The van der Waals surface area contributed by atoms with Crippen molar-refractivity contribution < 1.29 is 32.2 Å². The van der Waals surface area contributed by atoms with Crippen LogP contribution in [0.3, 0.4) is 0 Å². The molecular weight excluding hydrogens is 451 g/mol. The van der Waals surface area contributed by atoms with E-state index >= 15 is 0 Å². The molecule has 1 aliphatic heterocycles. The number of para-hydroxylation sites is 1. The SMILES string of the molecule is CCOC(=O)c1cnn(-c2ccc(C(=O)N3CCCc4cccc(OC)c43)cc2)c1C(F)(F)F. The van der Waals surface area contributed by atoms with Crippen molar-refractivity contribution >= 4 is 17.6 Å². The fraction of sp³-hybridized carbons (Fsp3) is 0.292. The van der Waals surface area contributed by atoms with E-state index in [2.05, 4.69) is 5.10 Å². The van der Waals surface area contributed by atoms with Gasteiger partial charge >= 0.3 is 12.1 Å². The molecular formula is C24H22F3N3O4. The number of fused-ring (bicyclic) bond motifs is 1. The minimum absolute atomic E-state index is 0.0519. The number of aromatic nitrogens is 2. The van der Waals surface area contributed by atoms with E-state index in [1.165, 1.54) is 38.3 Å². The highest BCUT2D eigenvalue weighted by Gasteiger charge is 2.41. The number of amides is 1. The molecule has 0 atom stereocenters. The number of ether oxygens (including phenoxy) is 2. The van der Waals surface area contributed by atoms with Crippen molar-refractivity contribution in [2.24, 2.45) is 0 Å². The van der Waals surface area contributed by atoms with Crippen molar-refractivity contribution in [2.75, 3.05) is 25.2 Å². The number of hydrogen-bond acceptors (Lipinski definition) is 5. The maximum atomic E-state index is 13.7. The standard InChI is InChI=1S/C24H22F3N3O4/c1-3-34-23(32)18-14-28-30(21(18)24(25,26)27)17-11-9-16(10-12-17)22(31)29-13-5-7-15-6-4-8-19(33-2)20(15)29/h4,6,8-12,14H,3,5,7,13H2,1-2H3. The van der Waals surface area contributed by atoms with Gasteiger partial charge in [-0.1, -0.05) is 12.1 Å². The second kappa shape index (κ2) is 9.20. The average molecular weight is 473 g/mol. The summed E-state index contributed by atoms with van der Waals surface area (Å²) in [5, 5.41) is 3.76. The minimum Gasteiger partial charge on any atom is -0.495 e. The van der Waals surface area contributed by atoms with Gasteiger partial charge in [0.15, 0.2) is 5.69 Å². The molecule has 0 saturated carbocycles. The van der Waals surface area contributed by atoms with Crippen LogP contribution in [0.2, 0.25) is 0 Å². The van der Waals surface area contributed by atoms with Crippen molar-refractivity contribution in [3.05, 3.63) is 71.0 Å². The number of benzene rings is 2. The summed E-state index contributed by atoms with van der Waals surface area (Å²) >= 11 is 0. The number of nitrogens with zero attached hydrogens (tertiary/aromatic N) is 3. The lowest BCUT2D eigenvalue weighted by Gasteiger charge is -2.31. The normalized spacial score (nSPS) is 13.4. The van der Waals surface area contributed by atoms with Gasteiger partial charge in [-0.2, -0.15) is 18.3 Å². The predicted molar refractivity (Wildman–Crippen MR) is 118 cm³/mol. The summed E-state index contributed by atoms with van der Waals surface area (Å²) in [5.41, 5.74) is 0.139. The molecule has 3 aromatic rings. The zero-order chi connectivity index (χ0) is 24.5. The second-order valence-corrected chi connectivity index (χ2v) is 7.61. The molecule has 7 nitrogen and oxygen atoms in total. The van der Waals surface area contributed by atoms with E-state index < -0.39 is 23.4 Å². The highest BCUT2D eigenvalue weighted by molar-refractivity contribution is 6.07. The molecule has 2 heterocycles. The number of hydrogen-bond donors (Lipinski definition) is 0. The third-order valence-corrected chi connectivity index (χ3v) is 5.54. The number of carbonyl (C=O) groups is 2. The van der Waals surface area contributed by atoms with Gasteiger partial charge in [-0.15, -0.1) is 0 Å². The number of alkyl halides is 3. The molecule has 0 unspecified atom stereocenters. The van der Waals surface area contributed by atoms with Gasteiger partial charge in [0.05, 0.1) is 31.3 Å². The van der Waals surface area contributed by atoms with E-state index in [0.717, 1.165) is 24.6 Å². The van der Waals surface area contributed by atoms with E-state index in [1.54, 1.807) is 11.0 Å². The van der Waals surface area contributed by atoms with Gasteiger partial charge in [-0.25, -0.2) is 9.48 Å². The Morgan fingerprint density at radius 3 is 2.50 bits per heavy atom. The summed E-state index contributed by atoms with van der Waals surface area (Å²) in [7, 11) is 1.54. The Hall–Kier alpha value is -3.82.